The molecule has 1 aromatic heterocycles. The Kier molecular flexibility index (Phi) is 7.25. The number of carbonyl (C=O) groups is 1. The normalized spacial score (nSPS) is 24.1. The summed E-state index contributed by atoms with van der Waals surface area (Å²) in [5.74, 6) is 1.03. The average molecular weight is 479 g/mol. The molecule has 3 heterocycles. The third-order valence-electron chi connectivity index (χ3n) is 7.36. The number of nitrogens with zero attached hydrogens (tertiary/aromatic N) is 3. The van der Waals surface area contributed by atoms with Crippen molar-refractivity contribution in [3.05, 3.63) is 42.1 Å². The number of carbonyl (C=O) groups excluding carboxylic acids is 1. The highest BCUT2D eigenvalue weighted by Gasteiger charge is 2.34. The molecule has 1 amide bonds. The number of pyridine rings is 1. The van der Waals surface area contributed by atoms with Crippen LogP contribution < -0.4 is 15.1 Å². The molecular formula is C28H38N4O3. The van der Waals surface area contributed by atoms with E-state index in [0.29, 0.717) is 13.3 Å². The van der Waals surface area contributed by atoms with Gasteiger partial charge >= 0.3 is 0 Å². The number of nitrogens with one attached hydrogen (secondary N) is 1. The Balaban J connectivity index is 1.41. The summed E-state index contributed by atoms with van der Waals surface area (Å²) in [5, 5.41) is 3.49. The van der Waals surface area contributed by atoms with E-state index < -0.39 is 0 Å². The van der Waals surface area contributed by atoms with Crippen LogP contribution in [0.15, 0.2) is 36.5 Å². The summed E-state index contributed by atoms with van der Waals surface area (Å²) in [6.07, 6.45) is 8.36. The lowest BCUT2D eigenvalue weighted by Crippen LogP contribution is -2.38. The molecule has 7 nitrogen and oxygen atoms in total. The fraction of sp³-hybridized carbons (Fsp3) is 0.571. The van der Waals surface area contributed by atoms with Crippen LogP contribution in [0.1, 0.15) is 64.9 Å². The Hall–Kier alpha value is -2.64. The second-order valence-electron chi connectivity index (χ2n) is 10.3. The predicted octanol–water partition coefficient (Wildman–Crippen LogP) is 5.62. The van der Waals surface area contributed by atoms with E-state index in [1.165, 1.54) is 0 Å². The van der Waals surface area contributed by atoms with Crippen molar-refractivity contribution in [1.82, 2.24) is 4.98 Å². The standard InChI is InChI=1S/C28H38N4O3/c1-4-6-24-17-31(18-34-24)22-10-13-25-26(15-22)32(16-21-7-5-14-29-27(21)30-25)28(33)20-8-11-23(12-9-20)35-19(2)3/h5,7,10,13-15,19-20,23-24H,4,6,8-9,11-12,16-18H2,1-3H3,(H,29,30)/t20-,23-,24-/m0/s1. The molecule has 0 radical (unpaired) electrons. The van der Waals surface area contributed by atoms with E-state index in [1.807, 2.05) is 11.0 Å². The lowest BCUT2D eigenvalue weighted by atomic mass is 9.86. The molecule has 1 atom stereocenters. The molecule has 0 bridgehead atoms. The molecule has 0 spiro atoms. The number of fused-ring (bicyclic) bond motifs is 2. The summed E-state index contributed by atoms with van der Waals surface area (Å²) in [4.78, 5) is 22.8. The van der Waals surface area contributed by atoms with E-state index in [0.717, 1.165) is 73.5 Å². The van der Waals surface area contributed by atoms with Crippen LogP contribution in [0.5, 0.6) is 0 Å². The molecule has 3 aliphatic rings. The highest BCUT2D eigenvalue weighted by Crippen LogP contribution is 2.40. The molecule has 0 unspecified atom stereocenters. The first-order valence-electron chi connectivity index (χ1n) is 13.2. The Labute approximate surface area is 208 Å². The van der Waals surface area contributed by atoms with Crippen LogP contribution in [-0.4, -0.2) is 42.5 Å². The highest BCUT2D eigenvalue weighted by molar-refractivity contribution is 6.00. The van der Waals surface area contributed by atoms with Gasteiger partial charge in [-0.25, -0.2) is 4.98 Å². The van der Waals surface area contributed by atoms with E-state index in [-0.39, 0.29) is 30.1 Å². The average Bonchev–Trinajstić information content (AvgIpc) is 3.25. The number of hydrogen-bond acceptors (Lipinski definition) is 6. The summed E-state index contributed by atoms with van der Waals surface area (Å²) >= 11 is 0. The predicted molar refractivity (Wildman–Crippen MR) is 139 cm³/mol. The molecule has 35 heavy (non-hydrogen) atoms. The van der Waals surface area contributed by atoms with Gasteiger partial charge in [0.1, 0.15) is 12.5 Å². The van der Waals surface area contributed by atoms with Gasteiger partial charge in [0.25, 0.3) is 0 Å². The van der Waals surface area contributed by atoms with Crippen molar-refractivity contribution in [2.24, 2.45) is 5.92 Å². The minimum absolute atomic E-state index is 0.0146. The minimum Gasteiger partial charge on any atom is -0.376 e. The maximum Gasteiger partial charge on any atom is 0.230 e. The van der Waals surface area contributed by atoms with E-state index in [4.69, 9.17) is 9.47 Å². The Morgan fingerprint density at radius 2 is 2.06 bits per heavy atom. The monoisotopic (exact) mass is 478 g/mol. The minimum atomic E-state index is 0.0146. The van der Waals surface area contributed by atoms with Crippen LogP contribution >= 0.6 is 0 Å². The molecule has 1 aromatic carbocycles. The lowest BCUT2D eigenvalue weighted by molar-refractivity contribution is -0.124. The smallest absolute Gasteiger partial charge is 0.230 e. The zero-order valence-electron chi connectivity index (χ0n) is 21.2. The number of anilines is 4. The molecule has 2 fully saturated rings. The molecule has 2 aromatic rings. The van der Waals surface area contributed by atoms with Crippen LogP contribution in [0.2, 0.25) is 0 Å². The van der Waals surface area contributed by atoms with Crippen LogP contribution in [-0.2, 0) is 20.8 Å². The third kappa shape index (κ3) is 5.31. The Morgan fingerprint density at radius 3 is 2.83 bits per heavy atom. The third-order valence-corrected chi connectivity index (χ3v) is 7.36. The summed E-state index contributed by atoms with van der Waals surface area (Å²) in [7, 11) is 0. The summed E-state index contributed by atoms with van der Waals surface area (Å²) < 4.78 is 12.0. The zero-order chi connectivity index (χ0) is 24.4. The van der Waals surface area contributed by atoms with Crippen molar-refractivity contribution in [3.8, 4) is 0 Å². The van der Waals surface area contributed by atoms with Crippen molar-refractivity contribution in [2.75, 3.05) is 28.4 Å². The van der Waals surface area contributed by atoms with E-state index >= 15 is 0 Å². The first-order chi connectivity index (χ1) is 17.0. The fourth-order valence-electron chi connectivity index (χ4n) is 5.58. The fourth-order valence-corrected chi connectivity index (χ4v) is 5.58. The first kappa shape index (κ1) is 24.1. The SMILES string of the molecule is CCC[C@H]1CN(c2ccc3c(c2)N(C(=O)[C@H]2CC[C@H](OC(C)C)CC2)Cc2cccnc2N3)CO1. The van der Waals surface area contributed by atoms with Crippen molar-refractivity contribution in [1.29, 1.82) is 0 Å². The molecule has 2 aliphatic heterocycles. The molecule has 7 heteroatoms. The van der Waals surface area contributed by atoms with E-state index in [1.54, 1.807) is 6.20 Å². The van der Waals surface area contributed by atoms with Gasteiger partial charge in [0.2, 0.25) is 5.91 Å². The van der Waals surface area contributed by atoms with Gasteiger partial charge in [-0.3, -0.25) is 4.79 Å². The summed E-state index contributed by atoms with van der Waals surface area (Å²) in [6, 6.07) is 10.3. The lowest BCUT2D eigenvalue weighted by Gasteiger charge is -2.33. The van der Waals surface area contributed by atoms with Crippen molar-refractivity contribution < 1.29 is 14.3 Å². The van der Waals surface area contributed by atoms with Gasteiger partial charge in [0, 0.05) is 29.9 Å². The Bertz CT molecular complexity index is 1030. The van der Waals surface area contributed by atoms with Gasteiger partial charge < -0.3 is 24.6 Å². The number of aromatic nitrogens is 1. The molecular weight excluding hydrogens is 440 g/mol. The molecule has 1 saturated heterocycles. The first-order valence-corrected chi connectivity index (χ1v) is 13.2. The van der Waals surface area contributed by atoms with Crippen LogP contribution in [0.25, 0.3) is 0 Å². The molecule has 5 rings (SSSR count). The van der Waals surface area contributed by atoms with Crippen LogP contribution in [0.4, 0.5) is 22.9 Å². The van der Waals surface area contributed by atoms with Crippen LogP contribution in [0.3, 0.4) is 0 Å². The second kappa shape index (κ2) is 10.5. The van der Waals surface area contributed by atoms with Crippen molar-refractivity contribution in [3.63, 3.8) is 0 Å². The number of amides is 1. The number of hydrogen-bond donors (Lipinski definition) is 1. The van der Waals surface area contributed by atoms with Crippen molar-refractivity contribution >= 4 is 28.8 Å². The zero-order valence-corrected chi connectivity index (χ0v) is 21.2. The quantitative estimate of drug-likeness (QED) is 0.581. The van der Waals surface area contributed by atoms with Gasteiger partial charge in [-0.05, 0) is 70.2 Å². The van der Waals surface area contributed by atoms with Crippen molar-refractivity contribution in [2.45, 2.75) is 84.2 Å². The summed E-state index contributed by atoms with van der Waals surface area (Å²) in [5.41, 5.74) is 3.96. The van der Waals surface area contributed by atoms with Gasteiger partial charge in [-0.2, -0.15) is 0 Å². The highest BCUT2D eigenvalue weighted by atomic mass is 16.5. The molecule has 1 N–H and O–H groups in total. The van der Waals surface area contributed by atoms with E-state index in [9.17, 15) is 4.79 Å². The maximum absolute atomic E-state index is 14.0. The molecule has 1 aliphatic carbocycles. The number of rotatable bonds is 6. The number of ether oxygens (including phenoxy) is 2. The molecule has 188 valence electrons. The number of benzene rings is 1. The van der Waals surface area contributed by atoms with Gasteiger partial charge in [0.05, 0.1) is 36.2 Å². The van der Waals surface area contributed by atoms with Gasteiger partial charge in [-0.1, -0.05) is 19.4 Å². The maximum atomic E-state index is 14.0. The van der Waals surface area contributed by atoms with E-state index in [2.05, 4.69) is 60.2 Å². The second-order valence-corrected chi connectivity index (χ2v) is 10.3. The van der Waals surface area contributed by atoms with Gasteiger partial charge in [0.15, 0.2) is 0 Å². The summed E-state index contributed by atoms with van der Waals surface area (Å²) in [6.45, 7) is 8.34. The topological polar surface area (TPSA) is 66.9 Å². The molecule has 1 saturated carbocycles. The Morgan fingerprint density at radius 1 is 1.23 bits per heavy atom. The van der Waals surface area contributed by atoms with Crippen LogP contribution in [0, 0.1) is 5.92 Å². The van der Waals surface area contributed by atoms with Gasteiger partial charge in [-0.15, -0.1) is 0 Å². The largest absolute Gasteiger partial charge is 0.376 e.